The summed E-state index contributed by atoms with van der Waals surface area (Å²) in [6.45, 7) is 14.0. The van der Waals surface area contributed by atoms with Crippen LogP contribution in [-0.4, -0.2) is 58.9 Å². The average Bonchev–Trinajstić information content (AvgIpc) is 3.44. The normalized spacial score (nSPS) is 21.1. The Kier molecular flexibility index (Phi) is 8.98. The van der Waals surface area contributed by atoms with Crippen LogP contribution in [0.5, 0.6) is 0 Å². The third kappa shape index (κ3) is 6.75. The van der Waals surface area contributed by atoms with E-state index in [1.807, 2.05) is 47.1 Å². The largest absolute Gasteiger partial charge is 0.491 e. The van der Waals surface area contributed by atoms with Crippen LogP contribution in [-0.2, 0) is 19.1 Å². The zero-order valence-corrected chi connectivity index (χ0v) is 23.3. The van der Waals surface area contributed by atoms with Gasteiger partial charge in [-0.25, -0.2) is 4.98 Å². The van der Waals surface area contributed by atoms with E-state index < -0.39 is 17.5 Å². The van der Waals surface area contributed by atoms with Crippen LogP contribution < -0.4 is 10.6 Å². The Morgan fingerprint density at radius 2 is 2.00 bits per heavy atom. The van der Waals surface area contributed by atoms with Gasteiger partial charge < -0.3 is 20.3 Å². The summed E-state index contributed by atoms with van der Waals surface area (Å²) in [4.78, 5) is 45.6. The van der Waals surface area contributed by atoms with Crippen LogP contribution in [0.4, 0.5) is 0 Å². The molecular weight excluding hydrogens is 476 g/mol. The molecule has 1 aliphatic heterocycles. The standard InChI is InChI=1S/C27H40N4O4S/c1-16(2)35-22-13-19(23-17(3)29-15-36-23)10-11-20(22)14-28-25(33)21-9-8-12-31(21)26(34)24(27(5,6)7)30-18(4)32/h11,13,15-16,19,21,24H,8-10,12,14H2,1-7H3,(H,28,33)(H,30,32). The van der Waals surface area contributed by atoms with Crippen molar-refractivity contribution < 1.29 is 19.1 Å². The predicted octanol–water partition coefficient (Wildman–Crippen LogP) is 3.83. The summed E-state index contributed by atoms with van der Waals surface area (Å²) in [5, 5.41) is 5.83. The number of carbonyl (C=O) groups is 3. The Morgan fingerprint density at radius 3 is 2.58 bits per heavy atom. The third-order valence-corrected chi connectivity index (χ3v) is 7.58. The first-order valence-electron chi connectivity index (χ1n) is 12.7. The maximum Gasteiger partial charge on any atom is 0.246 e. The first-order valence-corrected chi connectivity index (χ1v) is 13.6. The van der Waals surface area contributed by atoms with E-state index in [0.717, 1.165) is 29.9 Å². The Morgan fingerprint density at radius 1 is 1.28 bits per heavy atom. The number of aromatic nitrogens is 1. The molecule has 2 heterocycles. The summed E-state index contributed by atoms with van der Waals surface area (Å²) < 4.78 is 6.12. The number of amides is 3. The Labute approximate surface area is 218 Å². The van der Waals surface area contributed by atoms with Crippen molar-refractivity contribution in [2.45, 2.75) is 91.8 Å². The van der Waals surface area contributed by atoms with Gasteiger partial charge in [-0.3, -0.25) is 14.4 Å². The lowest BCUT2D eigenvalue weighted by Crippen LogP contribution is -2.57. The second kappa shape index (κ2) is 11.6. The van der Waals surface area contributed by atoms with Crippen LogP contribution in [0.1, 0.15) is 77.3 Å². The van der Waals surface area contributed by atoms with Crippen molar-refractivity contribution in [1.29, 1.82) is 0 Å². The van der Waals surface area contributed by atoms with Crippen LogP contribution in [0, 0.1) is 12.3 Å². The second-order valence-corrected chi connectivity index (χ2v) is 11.9. The zero-order chi connectivity index (χ0) is 26.6. The van der Waals surface area contributed by atoms with Crippen LogP contribution in [0.15, 0.2) is 29.0 Å². The van der Waals surface area contributed by atoms with Gasteiger partial charge in [0.25, 0.3) is 0 Å². The lowest BCUT2D eigenvalue weighted by atomic mass is 9.85. The molecule has 198 valence electrons. The summed E-state index contributed by atoms with van der Waals surface area (Å²) in [7, 11) is 0. The molecule has 9 heteroatoms. The molecule has 3 rings (SSSR count). The van der Waals surface area contributed by atoms with Crippen molar-refractivity contribution in [2.24, 2.45) is 5.41 Å². The minimum Gasteiger partial charge on any atom is -0.491 e. The van der Waals surface area contributed by atoms with Crippen LogP contribution in [0.3, 0.4) is 0 Å². The van der Waals surface area contributed by atoms with Gasteiger partial charge in [-0.05, 0) is 51.5 Å². The van der Waals surface area contributed by atoms with E-state index in [2.05, 4.69) is 27.8 Å². The minimum atomic E-state index is -0.689. The van der Waals surface area contributed by atoms with Gasteiger partial charge in [-0.15, -0.1) is 11.3 Å². The lowest BCUT2D eigenvalue weighted by molar-refractivity contribution is -0.143. The minimum absolute atomic E-state index is 0.00251. The number of rotatable bonds is 8. The van der Waals surface area contributed by atoms with Crippen LogP contribution >= 0.6 is 11.3 Å². The molecule has 3 atom stereocenters. The van der Waals surface area contributed by atoms with Crippen molar-refractivity contribution in [3.8, 4) is 0 Å². The molecule has 1 fully saturated rings. The van der Waals surface area contributed by atoms with Crippen LogP contribution in [0.2, 0.25) is 0 Å². The smallest absolute Gasteiger partial charge is 0.246 e. The summed E-state index contributed by atoms with van der Waals surface area (Å²) in [5.41, 5.74) is 3.37. The zero-order valence-electron chi connectivity index (χ0n) is 22.5. The van der Waals surface area contributed by atoms with Crippen molar-refractivity contribution in [3.63, 3.8) is 0 Å². The molecule has 0 aromatic carbocycles. The van der Waals surface area contributed by atoms with E-state index in [-0.39, 0.29) is 29.7 Å². The molecule has 3 amide bonds. The van der Waals surface area contributed by atoms with Gasteiger partial charge in [-0.2, -0.15) is 0 Å². The molecule has 1 aliphatic carbocycles. The van der Waals surface area contributed by atoms with E-state index in [1.165, 1.54) is 11.8 Å². The first-order chi connectivity index (χ1) is 16.9. The van der Waals surface area contributed by atoms with E-state index in [1.54, 1.807) is 16.2 Å². The third-order valence-electron chi connectivity index (χ3n) is 6.52. The van der Waals surface area contributed by atoms with Gasteiger partial charge in [0.2, 0.25) is 17.7 Å². The number of likely N-dealkylation sites (tertiary alicyclic amines) is 1. The van der Waals surface area contributed by atoms with Gasteiger partial charge in [0.15, 0.2) is 0 Å². The molecule has 2 aliphatic rings. The molecule has 1 aromatic heterocycles. The number of hydrogen-bond acceptors (Lipinski definition) is 6. The van der Waals surface area contributed by atoms with Crippen molar-refractivity contribution in [1.82, 2.24) is 20.5 Å². The highest BCUT2D eigenvalue weighted by Gasteiger charge is 2.41. The number of thiazole rings is 1. The number of nitrogens with zero attached hydrogens (tertiary/aromatic N) is 2. The summed E-state index contributed by atoms with van der Waals surface area (Å²) in [6, 6.07) is -1.24. The number of carbonyl (C=O) groups excluding carboxylic acids is 3. The predicted molar refractivity (Wildman–Crippen MR) is 141 cm³/mol. The van der Waals surface area contributed by atoms with Gasteiger partial charge >= 0.3 is 0 Å². The highest BCUT2D eigenvalue weighted by molar-refractivity contribution is 7.09. The Balaban J connectivity index is 1.69. The number of aryl methyl sites for hydroxylation is 1. The van der Waals surface area contributed by atoms with Crippen molar-refractivity contribution >= 4 is 29.1 Å². The molecule has 1 aromatic rings. The molecule has 3 unspecified atom stereocenters. The molecular formula is C27H40N4O4S. The van der Waals surface area contributed by atoms with E-state index in [9.17, 15) is 14.4 Å². The maximum atomic E-state index is 13.4. The number of ether oxygens (including phenoxy) is 1. The van der Waals surface area contributed by atoms with Gasteiger partial charge in [-0.1, -0.05) is 26.8 Å². The highest BCUT2D eigenvalue weighted by Crippen LogP contribution is 2.35. The molecule has 0 radical (unpaired) electrons. The first kappa shape index (κ1) is 27.9. The molecule has 0 bridgehead atoms. The molecule has 0 saturated carbocycles. The van der Waals surface area contributed by atoms with E-state index in [4.69, 9.17) is 4.74 Å². The number of nitrogens with one attached hydrogen (secondary N) is 2. The summed E-state index contributed by atoms with van der Waals surface area (Å²) in [5.74, 6) is 0.341. The molecule has 8 nitrogen and oxygen atoms in total. The van der Waals surface area contributed by atoms with E-state index >= 15 is 0 Å². The molecule has 36 heavy (non-hydrogen) atoms. The SMILES string of the molecule is CC(=O)NC(C(=O)N1CCCC1C(=O)NCC1=CCC(c2scnc2C)C=C1OC(C)C)C(C)(C)C. The quantitative estimate of drug-likeness (QED) is 0.547. The fraction of sp³-hybridized carbons (Fsp3) is 0.630. The maximum absolute atomic E-state index is 13.4. The second-order valence-electron chi connectivity index (χ2n) is 11.0. The summed E-state index contributed by atoms with van der Waals surface area (Å²) in [6.07, 6.45) is 6.44. The average molecular weight is 517 g/mol. The number of hydrogen-bond donors (Lipinski definition) is 2. The molecule has 1 saturated heterocycles. The van der Waals surface area contributed by atoms with Crippen molar-refractivity contribution in [2.75, 3.05) is 13.1 Å². The topological polar surface area (TPSA) is 101 Å². The van der Waals surface area contributed by atoms with Gasteiger partial charge in [0.05, 0.1) is 17.3 Å². The Bertz CT molecular complexity index is 1040. The molecule has 2 N–H and O–H groups in total. The summed E-state index contributed by atoms with van der Waals surface area (Å²) >= 11 is 1.65. The monoisotopic (exact) mass is 516 g/mol. The van der Waals surface area contributed by atoms with E-state index in [0.29, 0.717) is 19.5 Å². The Hall–Kier alpha value is -2.68. The highest BCUT2D eigenvalue weighted by atomic mass is 32.1. The van der Waals surface area contributed by atoms with Gasteiger partial charge in [0.1, 0.15) is 17.8 Å². The van der Waals surface area contributed by atoms with Crippen LogP contribution in [0.25, 0.3) is 0 Å². The van der Waals surface area contributed by atoms with Crippen molar-refractivity contribution in [3.05, 3.63) is 39.6 Å². The number of allylic oxidation sites excluding steroid dienone is 2. The fourth-order valence-corrected chi connectivity index (χ4v) is 5.61. The van der Waals surface area contributed by atoms with Gasteiger partial charge in [0, 0.05) is 36.4 Å². The molecule has 0 spiro atoms. The lowest BCUT2D eigenvalue weighted by Gasteiger charge is -2.35. The fourth-order valence-electron chi connectivity index (χ4n) is 4.73.